The molecular weight excluding hydrogens is 244 g/mol. The summed E-state index contributed by atoms with van der Waals surface area (Å²) in [6.07, 6.45) is 0.937. The van der Waals surface area contributed by atoms with Crippen LogP contribution in [0.4, 0.5) is 8.78 Å². The van der Waals surface area contributed by atoms with Gasteiger partial charge in [0.05, 0.1) is 0 Å². The predicted molar refractivity (Wildman–Crippen MR) is 67.2 cm³/mol. The van der Waals surface area contributed by atoms with E-state index < -0.39 is 11.6 Å². The van der Waals surface area contributed by atoms with Gasteiger partial charge in [0.15, 0.2) is 11.6 Å². The molecule has 2 unspecified atom stereocenters. The number of nitrogens with one attached hydrogen (secondary N) is 1. The van der Waals surface area contributed by atoms with Gasteiger partial charge in [0.2, 0.25) is 0 Å². The topological polar surface area (TPSA) is 12.0 Å². The Labute approximate surface area is 106 Å². The Hall–Kier alpha value is -0.670. The van der Waals surface area contributed by atoms with Crippen LogP contribution in [0.15, 0.2) is 12.1 Å². The molecule has 0 amide bonds. The monoisotopic (exact) mass is 261 g/mol. The molecule has 0 spiro atoms. The first-order chi connectivity index (χ1) is 8.01. The van der Waals surface area contributed by atoms with Crippen LogP contribution in [0, 0.1) is 17.6 Å². The summed E-state index contributed by atoms with van der Waals surface area (Å²) in [5.41, 5.74) is 0.627. The predicted octanol–water partition coefficient (Wildman–Crippen LogP) is 4.31. The number of hydrogen-bond donors (Lipinski definition) is 1. The molecule has 2 atom stereocenters. The molecule has 0 saturated heterocycles. The fraction of sp³-hybridized carbons (Fsp3) is 0.538. The maximum atomic E-state index is 13.3. The lowest BCUT2D eigenvalue weighted by molar-refractivity contribution is 0.381. The summed E-state index contributed by atoms with van der Waals surface area (Å²) < 4.78 is 26.3. The molecule has 17 heavy (non-hydrogen) atoms. The van der Waals surface area contributed by atoms with Crippen molar-refractivity contribution in [3.05, 3.63) is 34.4 Å². The van der Waals surface area contributed by atoms with Gasteiger partial charge in [-0.3, -0.25) is 0 Å². The first-order valence-corrected chi connectivity index (χ1v) is 6.26. The number of halogens is 3. The molecule has 0 aliphatic heterocycles. The molecule has 1 aromatic rings. The van der Waals surface area contributed by atoms with E-state index in [1.807, 2.05) is 6.92 Å². The summed E-state index contributed by atoms with van der Waals surface area (Å²) in [6, 6.07) is 2.18. The third-order valence-electron chi connectivity index (χ3n) is 3.01. The largest absolute Gasteiger partial charge is 0.310 e. The molecule has 0 aliphatic carbocycles. The molecule has 1 N–H and O–H groups in total. The molecule has 4 heteroatoms. The summed E-state index contributed by atoms with van der Waals surface area (Å²) in [5.74, 6) is -1.45. The van der Waals surface area contributed by atoms with Crippen molar-refractivity contribution in [3.8, 4) is 0 Å². The van der Waals surface area contributed by atoms with Crippen molar-refractivity contribution in [1.82, 2.24) is 5.32 Å². The fourth-order valence-electron chi connectivity index (χ4n) is 1.85. The summed E-state index contributed by atoms with van der Waals surface area (Å²) in [4.78, 5) is 0. The molecule has 0 saturated carbocycles. The second-order valence-corrected chi connectivity index (χ2v) is 4.62. The summed E-state index contributed by atoms with van der Waals surface area (Å²) in [6.45, 7) is 6.85. The summed E-state index contributed by atoms with van der Waals surface area (Å²) in [5, 5.41) is 3.54. The highest BCUT2D eigenvalue weighted by Crippen LogP contribution is 2.31. The molecule has 96 valence electrons. The van der Waals surface area contributed by atoms with E-state index in [0.717, 1.165) is 19.0 Å². The second kappa shape index (κ2) is 6.31. The zero-order chi connectivity index (χ0) is 13.0. The smallest absolute Gasteiger partial charge is 0.160 e. The average Bonchev–Trinajstić information content (AvgIpc) is 2.30. The van der Waals surface area contributed by atoms with Crippen LogP contribution < -0.4 is 5.32 Å². The Morgan fingerprint density at radius 3 is 2.35 bits per heavy atom. The normalized spacial score (nSPS) is 14.7. The maximum Gasteiger partial charge on any atom is 0.160 e. The van der Waals surface area contributed by atoms with Crippen LogP contribution in [0.3, 0.4) is 0 Å². The molecule has 0 heterocycles. The van der Waals surface area contributed by atoms with Crippen molar-refractivity contribution in [2.24, 2.45) is 5.92 Å². The van der Waals surface area contributed by atoms with Crippen LogP contribution in [0.25, 0.3) is 0 Å². The van der Waals surface area contributed by atoms with Gasteiger partial charge in [-0.15, -0.1) is 0 Å². The van der Waals surface area contributed by atoms with E-state index in [-0.39, 0.29) is 11.1 Å². The summed E-state index contributed by atoms with van der Waals surface area (Å²) >= 11 is 5.99. The van der Waals surface area contributed by atoms with Gasteiger partial charge in [-0.05, 0) is 30.2 Å². The van der Waals surface area contributed by atoms with Gasteiger partial charge in [0, 0.05) is 11.1 Å². The van der Waals surface area contributed by atoms with E-state index in [1.165, 1.54) is 6.07 Å². The Morgan fingerprint density at radius 2 is 1.82 bits per heavy atom. The minimum Gasteiger partial charge on any atom is -0.310 e. The Balaban J connectivity index is 3.13. The highest BCUT2D eigenvalue weighted by Gasteiger charge is 2.21. The zero-order valence-corrected chi connectivity index (χ0v) is 11.1. The van der Waals surface area contributed by atoms with Crippen LogP contribution in [0.5, 0.6) is 0 Å². The third kappa shape index (κ3) is 3.39. The fourth-order valence-corrected chi connectivity index (χ4v) is 2.12. The zero-order valence-electron chi connectivity index (χ0n) is 10.4. The van der Waals surface area contributed by atoms with Crippen LogP contribution in [0.2, 0.25) is 5.02 Å². The van der Waals surface area contributed by atoms with E-state index in [0.29, 0.717) is 11.5 Å². The maximum absolute atomic E-state index is 13.3. The number of benzene rings is 1. The molecule has 0 aliphatic rings. The quantitative estimate of drug-likeness (QED) is 0.779. The third-order valence-corrected chi connectivity index (χ3v) is 3.34. The highest BCUT2D eigenvalue weighted by atomic mass is 35.5. The van der Waals surface area contributed by atoms with E-state index in [9.17, 15) is 8.78 Å². The summed E-state index contributed by atoms with van der Waals surface area (Å²) in [7, 11) is 0. The Bertz CT molecular complexity index is 382. The Kier molecular flexibility index (Phi) is 5.34. The van der Waals surface area contributed by atoms with Gasteiger partial charge in [-0.25, -0.2) is 8.78 Å². The average molecular weight is 262 g/mol. The van der Waals surface area contributed by atoms with E-state index in [1.54, 1.807) is 0 Å². The van der Waals surface area contributed by atoms with Crippen molar-refractivity contribution in [1.29, 1.82) is 0 Å². The molecule has 0 fully saturated rings. The van der Waals surface area contributed by atoms with Crippen molar-refractivity contribution in [2.45, 2.75) is 33.2 Å². The van der Waals surface area contributed by atoms with Gasteiger partial charge in [-0.1, -0.05) is 38.8 Å². The van der Waals surface area contributed by atoms with Gasteiger partial charge in [0.1, 0.15) is 0 Å². The minimum absolute atomic E-state index is 0.0485. The van der Waals surface area contributed by atoms with E-state index in [2.05, 4.69) is 19.2 Å². The molecule has 1 aromatic carbocycles. The van der Waals surface area contributed by atoms with Crippen LogP contribution in [-0.4, -0.2) is 6.54 Å². The lowest BCUT2D eigenvalue weighted by atomic mass is 9.92. The molecule has 0 aromatic heterocycles. The van der Waals surface area contributed by atoms with Crippen molar-refractivity contribution < 1.29 is 8.78 Å². The number of hydrogen-bond acceptors (Lipinski definition) is 1. The van der Waals surface area contributed by atoms with Crippen molar-refractivity contribution in [2.75, 3.05) is 6.54 Å². The standard InChI is InChI=1S/C13H18ClF2N/c1-4-8(3)13(17-5-2)9-6-11(15)12(16)7-10(9)14/h6-8,13,17H,4-5H2,1-3H3. The van der Waals surface area contributed by atoms with Gasteiger partial charge < -0.3 is 5.32 Å². The minimum atomic E-state index is -0.904. The van der Waals surface area contributed by atoms with E-state index >= 15 is 0 Å². The first kappa shape index (κ1) is 14.4. The van der Waals surface area contributed by atoms with Crippen LogP contribution in [-0.2, 0) is 0 Å². The lowest BCUT2D eigenvalue weighted by Crippen LogP contribution is -2.27. The van der Waals surface area contributed by atoms with Crippen LogP contribution in [0.1, 0.15) is 38.8 Å². The van der Waals surface area contributed by atoms with Gasteiger partial charge in [-0.2, -0.15) is 0 Å². The van der Waals surface area contributed by atoms with Gasteiger partial charge in [0.25, 0.3) is 0 Å². The van der Waals surface area contributed by atoms with Gasteiger partial charge >= 0.3 is 0 Å². The molecule has 0 bridgehead atoms. The Morgan fingerprint density at radius 1 is 1.24 bits per heavy atom. The van der Waals surface area contributed by atoms with Crippen molar-refractivity contribution in [3.63, 3.8) is 0 Å². The number of rotatable bonds is 5. The van der Waals surface area contributed by atoms with Crippen molar-refractivity contribution >= 4 is 11.6 Å². The highest BCUT2D eigenvalue weighted by molar-refractivity contribution is 6.31. The molecular formula is C13H18ClF2N. The second-order valence-electron chi connectivity index (χ2n) is 4.21. The SMILES string of the molecule is CCNC(c1cc(F)c(F)cc1Cl)C(C)CC. The molecule has 1 nitrogen and oxygen atoms in total. The van der Waals surface area contributed by atoms with E-state index in [4.69, 9.17) is 11.6 Å². The molecule has 0 radical (unpaired) electrons. The first-order valence-electron chi connectivity index (χ1n) is 5.89. The lowest BCUT2D eigenvalue weighted by Gasteiger charge is -2.25. The molecule has 1 rings (SSSR count). The van der Waals surface area contributed by atoms with Crippen LogP contribution >= 0.6 is 11.6 Å².